The highest BCUT2D eigenvalue weighted by Crippen LogP contribution is 2.14. The first kappa shape index (κ1) is 19.8. The number of hydrogen-bond acceptors (Lipinski definition) is 4. The molecule has 3 rings (SSSR count). The molecule has 0 saturated carbocycles. The van der Waals surface area contributed by atoms with Gasteiger partial charge in [-0.3, -0.25) is 14.6 Å². The number of rotatable bonds is 12. The van der Waals surface area contributed by atoms with E-state index in [2.05, 4.69) is 50.8 Å². The van der Waals surface area contributed by atoms with E-state index in [1.165, 1.54) is 41.8 Å². The van der Waals surface area contributed by atoms with Gasteiger partial charge in [-0.25, -0.2) is 0 Å². The summed E-state index contributed by atoms with van der Waals surface area (Å²) < 4.78 is 1.89. The number of hydrogen-bond donors (Lipinski definition) is 0. The predicted molar refractivity (Wildman–Crippen MR) is 113 cm³/mol. The van der Waals surface area contributed by atoms with Crippen LogP contribution in [-0.4, -0.2) is 32.8 Å². The molecule has 3 aromatic heterocycles. The molecule has 144 valence electrons. The minimum atomic E-state index is 0.987. The second-order valence-electron chi connectivity index (χ2n) is 7.11. The maximum Gasteiger partial charge on any atom is 0.0534 e. The van der Waals surface area contributed by atoms with E-state index in [1.54, 1.807) is 0 Å². The van der Waals surface area contributed by atoms with Crippen molar-refractivity contribution in [2.75, 3.05) is 13.1 Å². The number of pyridine rings is 1. The Labute approximate surface area is 166 Å². The molecule has 0 aromatic carbocycles. The molecule has 27 heavy (non-hydrogen) atoms. The summed E-state index contributed by atoms with van der Waals surface area (Å²) in [5, 5.41) is 6.49. The second-order valence-corrected chi connectivity index (χ2v) is 8.15. The normalized spacial score (nSPS) is 11.3. The molecule has 0 atom stereocenters. The van der Waals surface area contributed by atoms with Gasteiger partial charge >= 0.3 is 0 Å². The van der Waals surface area contributed by atoms with Gasteiger partial charge in [0.05, 0.1) is 6.20 Å². The summed E-state index contributed by atoms with van der Waals surface area (Å²) in [4.78, 5) is 8.53. The Kier molecular flexibility index (Phi) is 8.05. The van der Waals surface area contributed by atoms with Crippen LogP contribution in [0.5, 0.6) is 0 Å². The molecule has 3 aromatic rings. The van der Waals surface area contributed by atoms with Gasteiger partial charge < -0.3 is 0 Å². The highest BCUT2D eigenvalue weighted by molar-refractivity contribution is 7.09. The van der Waals surface area contributed by atoms with Crippen LogP contribution in [0.4, 0.5) is 0 Å². The van der Waals surface area contributed by atoms with Crippen LogP contribution < -0.4 is 0 Å². The predicted octanol–water partition coefficient (Wildman–Crippen LogP) is 4.72. The summed E-state index contributed by atoms with van der Waals surface area (Å²) in [7, 11) is 1.99. The monoisotopic (exact) mass is 382 g/mol. The summed E-state index contributed by atoms with van der Waals surface area (Å²) in [6, 6.07) is 10.6. The fourth-order valence-corrected chi connectivity index (χ4v) is 4.13. The lowest BCUT2D eigenvalue weighted by molar-refractivity contribution is 0.255. The molecule has 4 nitrogen and oxygen atoms in total. The number of nitrogens with zero attached hydrogens (tertiary/aromatic N) is 4. The molecular formula is C22H30N4S. The van der Waals surface area contributed by atoms with E-state index in [4.69, 9.17) is 0 Å². The lowest BCUT2D eigenvalue weighted by Gasteiger charge is -2.21. The molecule has 0 fully saturated rings. The lowest BCUT2D eigenvalue weighted by atomic mass is 10.1. The van der Waals surface area contributed by atoms with Gasteiger partial charge in [0.25, 0.3) is 0 Å². The van der Waals surface area contributed by atoms with Crippen molar-refractivity contribution >= 4 is 11.3 Å². The third-order valence-electron chi connectivity index (χ3n) is 4.78. The average Bonchev–Trinajstić information content (AvgIpc) is 3.34. The van der Waals surface area contributed by atoms with E-state index in [1.807, 2.05) is 41.5 Å². The first-order valence-electron chi connectivity index (χ1n) is 9.92. The number of aryl methyl sites for hydroxylation is 3. The Morgan fingerprint density at radius 3 is 2.67 bits per heavy atom. The smallest absolute Gasteiger partial charge is 0.0534 e. The Morgan fingerprint density at radius 2 is 1.93 bits per heavy atom. The van der Waals surface area contributed by atoms with Crippen LogP contribution in [-0.2, 0) is 26.4 Å². The van der Waals surface area contributed by atoms with Crippen molar-refractivity contribution in [1.82, 2.24) is 19.7 Å². The van der Waals surface area contributed by atoms with Crippen molar-refractivity contribution in [2.24, 2.45) is 7.05 Å². The van der Waals surface area contributed by atoms with Gasteiger partial charge in [0.15, 0.2) is 0 Å². The molecule has 0 bridgehead atoms. The van der Waals surface area contributed by atoms with Crippen LogP contribution in [0.2, 0.25) is 0 Å². The largest absolute Gasteiger partial charge is 0.299 e. The molecule has 0 amide bonds. The molecule has 0 unspecified atom stereocenters. The van der Waals surface area contributed by atoms with Crippen LogP contribution >= 0.6 is 11.3 Å². The highest BCUT2D eigenvalue weighted by atomic mass is 32.1. The van der Waals surface area contributed by atoms with E-state index >= 15 is 0 Å². The first-order chi connectivity index (χ1) is 13.3. The average molecular weight is 383 g/mol. The quantitative estimate of drug-likeness (QED) is 0.425. The zero-order chi connectivity index (χ0) is 18.7. The van der Waals surface area contributed by atoms with E-state index < -0.39 is 0 Å². The second kappa shape index (κ2) is 11.0. The summed E-state index contributed by atoms with van der Waals surface area (Å²) in [6.07, 6.45) is 13.3. The zero-order valence-electron chi connectivity index (χ0n) is 16.3. The van der Waals surface area contributed by atoms with E-state index in [9.17, 15) is 0 Å². The van der Waals surface area contributed by atoms with E-state index in [0.717, 1.165) is 32.5 Å². The molecule has 5 heteroatoms. The van der Waals surface area contributed by atoms with Crippen LogP contribution in [0.3, 0.4) is 0 Å². The maximum absolute atomic E-state index is 4.44. The van der Waals surface area contributed by atoms with Gasteiger partial charge in [-0.2, -0.15) is 5.10 Å². The number of aromatic nitrogens is 3. The van der Waals surface area contributed by atoms with Crippen LogP contribution in [0, 0.1) is 0 Å². The first-order valence-corrected chi connectivity index (χ1v) is 10.8. The number of unbranched alkanes of at least 4 members (excludes halogenated alkanes) is 2. The van der Waals surface area contributed by atoms with Gasteiger partial charge in [0.1, 0.15) is 0 Å². The molecular weight excluding hydrogens is 352 g/mol. The van der Waals surface area contributed by atoms with Crippen LogP contribution in [0.25, 0.3) is 0 Å². The zero-order valence-corrected chi connectivity index (χ0v) is 17.1. The molecule has 0 radical (unpaired) electrons. The molecule has 0 aliphatic heterocycles. The third kappa shape index (κ3) is 7.27. The Bertz CT molecular complexity index is 752. The van der Waals surface area contributed by atoms with Crippen molar-refractivity contribution in [2.45, 2.75) is 45.1 Å². The third-order valence-corrected chi connectivity index (χ3v) is 5.71. The highest BCUT2D eigenvalue weighted by Gasteiger charge is 2.08. The summed E-state index contributed by atoms with van der Waals surface area (Å²) in [5.41, 5.74) is 2.49. The maximum atomic E-state index is 4.44. The van der Waals surface area contributed by atoms with Crippen LogP contribution in [0.1, 0.15) is 41.8 Å². The SMILES string of the molecule is Cn1cc(CN(CCCCCc2cccs2)CCCc2ccccn2)cn1. The van der Waals surface area contributed by atoms with E-state index in [0.29, 0.717) is 0 Å². The molecule has 0 aliphatic carbocycles. The van der Waals surface area contributed by atoms with Gasteiger partial charge in [-0.1, -0.05) is 18.6 Å². The van der Waals surface area contributed by atoms with Crippen molar-refractivity contribution in [1.29, 1.82) is 0 Å². The Hall–Kier alpha value is -1.98. The van der Waals surface area contributed by atoms with Crippen molar-refractivity contribution in [3.05, 3.63) is 70.4 Å². The number of thiophene rings is 1. The van der Waals surface area contributed by atoms with Gasteiger partial charge in [0, 0.05) is 42.1 Å². The molecule has 0 spiro atoms. The summed E-state index contributed by atoms with van der Waals surface area (Å²) in [5.74, 6) is 0. The topological polar surface area (TPSA) is 34.0 Å². The van der Waals surface area contributed by atoms with Gasteiger partial charge in [-0.05, 0) is 68.8 Å². The molecule has 0 saturated heterocycles. The molecule has 0 N–H and O–H groups in total. The van der Waals surface area contributed by atoms with Crippen molar-refractivity contribution in [3.63, 3.8) is 0 Å². The summed E-state index contributed by atoms with van der Waals surface area (Å²) >= 11 is 1.87. The fraction of sp³-hybridized carbons (Fsp3) is 0.455. The van der Waals surface area contributed by atoms with Gasteiger partial charge in [0.2, 0.25) is 0 Å². The molecule has 0 aliphatic rings. The van der Waals surface area contributed by atoms with Gasteiger partial charge in [-0.15, -0.1) is 11.3 Å². The van der Waals surface area contributed by atoms with Crippen LogP contribution in [0.15, 0.2) is 54.3 Å². The van der Waals surface area contributed by atoms with Crippen molar-refractivity contribution < 1.29 is 0 Å². The van der Waals surface area contributed by atoms with Crippen molar-refractivity contribution in [3.8, 4) is 0 Å². The lowest BCUT2D eigenvalue weighted by Crippen LogP contribution is -2.26. The Morgan fingerprint density at radius 1 is 1.00 bits per heavy atom. The summed E-state index contributed by atoms with van der Waals surface area (Å²) in [6.45, 7) is 3.25. The minimum Gasteiger partial charge on any atom is -0.299 e. The standard InChI is InChI=1S/C22H30N4S/c1-25-18-20(17-24-25)19-26(15-7-10-21-9-4-5-13-23-21)14-6-2-3-11-22-12-8-16-27-22/h4-5,8-9,12-13,16-18H,2-3,6-7,10-11,14-15,19H2,1H3. The fourth-order valence-electron chi connectivity index (χ4n) is 3.38. The van der Waals surface area contributed by atoms with E-state index in [-0.39, 0.29) is 0 Å². The molecule has 3 heterocycles. The Balaban J connectivity index is 1.42. The minimum absolute atomic E-state index is 0.987.